The first-order valence-corrected chi connectivity index (χ1v) is 9.27. The lowest BCUT2D eigenvalue weighted by atomic mass is 10.0. The van der Waals surface area contributed by atoms with Crippen molar-refractivity contribution in [2.45, 2.75) is 31.5 Å². The van der Waals surface area contributed by atoms with E-state index in [0.29, 0.717) is 27.3 Å². The quantitative estimate of drug-likeness (QED) is 0.372. The largest absolute Gasteiger partial charge is 0.503 e. The van der Waals surface area contributed by atoms with Crippen LogP contribution in [-0.4, -0.2) is 25.2 Å². The molecule has 1 aliphatic rings. The predicted octanol–water partition coefficient (Wildman–Crippen LogP) is 4.78. The first-order chi connectivity index (χ1) is 13.3. The summed E-state index contributed by atoms with van der Waals surface area (Å²) in [7, 11) is 2.65. The summed E-state index contributed by atoms with van der Waals surface area (Å²) in [5, 5.41) is -0.910. The van der Waals surface area contributed by atoms with Gasteiger partial charge in [0, 0.05) is 0 Å². The predicted molar refractivity (Wildman–Crippen MR) is 96.9 cm³/mol. The van der Waals surface area contributed by atoms with Crippen molar-refractivity contribution in [3.05, 3.63) is 51.5 Å². The first kappa shape index (κ1) is 20.2. The molecule has 1 aliphatic carbocycles. The average molecular weight is 413 g/mol. The molecule has 0 atom stereocenters. The average Bonchev–Trinajstić information content (AvgIpc) is 3.42. The number of hydrogen-bond acceptors (Lipinski definition) is 6. The van der Waals surface area contributed by atoms with Gasteiger partial charge in [-0.2, -0.15) is 18.2 Å². The number of carbonyl (C=O) groups excluding carboxylic acids is 1. The van der Waals surface area contributed by atoms with Crippen LogP contribution in [0.5, 0.6) is 5.88 Å². The zero-order chi connectivity index (χ0) is 20.3. The number of hydrogen-bond donors (Lipinski definition) is 0. The van der Waals surface area contributed by atoms with E-state index in [1.54, 1.807) is 24.3 Å². The number of methoxy groups -OCH3 is 2. The molecule has 0 N–H and O–H groups in total. The van der Waals surface area contributed by atoms with Crippen molar-refractivity contribution < 1.29 is 32.2 Å². The van der Waals surface area contributed by atoms with Crippen LogP contribution in [0.1, 0.15) is 39.8 Å². The van der Waals surface area contributed by atoms with Crippen LogP contribution in [0, 0.1) is 0 Å². The summed E-state index contributed by atoms with van der Waals surface area (Å²) in [6, 6.07) is 6.87. The number of benzene rings is 1. The SMILES string of the molecule is CO/C=C(/C(=O)OC)c1ccccc1COc1nc(C(F)(F)F)sc1C1CC1. The Balaban J connectivity index is 1.87. The number of aromatic nitrogens is 1. The molecular weight excluding hydrogens is 395 g/mol. The Morgan fingerprint density at radius 2 is 2.00 bits per heavy atom. The number of rotatable bonds is 7. The smallest absolute Gasteiger partial charge is 0.443 e. The molecule has 3 rings (SSSR count). The molecule has 0 amide bonds. The maximum Gasteiger partial charge on any atom is 0.443 e. The van der Waals surface area contributed by atoms with Crippen molar-refractivity contribution in [2.24, 2.45) is 0 Å². The lowest BCUT2D eigenvalue weighted by Gasteiger charge is -2.12. The van der Waals surface area contributed by atoms with E-state index in [9.17, 15) is 18.0 Å². The molecule has 0 bridgehead atoms. The van der Waals surface area contributed by atoms with Crippen molar-refractivity contribution in [2.75, 3.05) is 14.2 Å². The highest BCUT2D eigenvalue weighted by Crippen LogP contribution is 2.49. The number of esters is 1. The van der Waals surface area contributed by atoms with Gasteiger partial charge in [-0.1, -0.05) is 24.3 Å². The van der Waals surface area contributed by atoms with Gasteiger partial charge in [0.2, 0.25) is 10.9 Å². The van der Waals surface area contributed by atoms with Crippen LogP contribution in [0.3, 0.4) is 0 Å². The number of carbonyl (C=O) groups is 1. The molecule has 2 aromatic rings. The summed E-state index contributed by atoms with van der Waals surface area (Å²) in [5.74, 6) is -0.524. The molecule has 150 valence electrons. The van der Waals surface area contributed by atoms with Gasteiger partial charge in [-0.3, -0.25) is 0 Å². The Morgan fingerprint density at radius 3 is 2.61 bits per heavy atom. The summed E-state index contributed by atoms with van der Waals surface area (Å²) >= 11 is 0.633. The normalized spacial score (nSPS) is 14.7. The maximum absolute atomic E-state index is 13.0. The second-order valence-corrected chi connectivity index (χ2v) is 7.20. The van der Waals surface area contributed by atoms with Gasteiger partial charge >= 0.3 is 12.1 Å². The number of thiazole rings is 1. The van der Waals surface area contributed by atoms with E-state index in [4.69, 9.17) is 14.2 Å². The second-order valence-electron chi connectivity index (χ2n) is 6.17. The van der Waals surface area contributed by atoms with Gasteiger partial charge in [0.25, 0.3) is 0 Å². The third kappa shape index (κ3) is 4.46. The van der Waals surface area contributed by atoms with Gasteiger partial charge in [-0.15, -0.1) is 11.3 Å². The van der Waals surface area contributed by atoms with Crippen molar-refractivity contribution in [3.63, 3.8) is 0 Å². The Kier molecular flexibility index (Phi) is 5.93. The van der Waals surface area contributed by atoms with E-state index in [1.165, 1.54) is 20.5 Å². The van der Waals surface area contributed by atoms with Crippen molar-refractivity contribution in [1.29, 1.82) is 0 Å². The fourth-order valence-electron chi connectivity index (χ4n) is 2.65. The molecule has 1 fully saturated rings. The monoisotopic (exact) mass is 413 g/mol. The third-order valence-corrected chi connectivity index (χ3v) is 5.37. The molecule has 5 nitrogen and oxygen atoms in total. The summed E-state index contributed by atoms with van der Waals surface area (Å²) in [6.07, 6.45) is -1.59. The van der Waals surface area contributed by atoms with Crippen LogP contribution in [0.4, 0.5) is 13.2 Å². The molecule has 0 aliphatic heterocycles. The summed E-state index contributed by atoms with van der Waals surface area (Å²) in [4.78, 5) is 16.2. The minimum Gasteiger partial charge on any atom is -0.503 e. The molecule has 1 aromatic carbocycles. The molecular formula is C19H18F3NO4S. The Labute approximate surface area is 163 Å². The van der Waals surface area contributed by atoms with Crippen LogP contribution in [-0.2, 0) is 27.1 Å². The van der Waals surface area contributed by atoms with Crippen LogP contribution < -0.4 is 4.74 Å². The number of ether oxygens (including phenoxy) is 3. The molecule has 0 spiro atoms. The van der Waals surface area contributed by atoms with Gasteiger partial charge in [-0.25, -0.2) is 4.79 Å². The molecule has 9 heteroatoms. The van der Waals surface area contributed by atoms with E-state index >= 15 is 0 Å². The zero-order valence-corrected chi connectivity index (χ0v) is 16.0. The van der Waals surface area contributed by atoms with E-state index in [0.717, 1.165) is 12.8 Å². The second kappa shape index (κ2) is 8.22. The van der Waals surface area contributed by atoms with Crippen LogP contribution in [0.15, 0.2) is 30.5 Å². The van der Waals surface area contributed by atoms with E-state index in [-0.39, 0.29) is 24.0 Å². The van der Waals surface area contributed by atoms with Gasteiger partial charge in [0.1, 0.15) is 12.2 Å². The molecule has 0 radical (unpaired) electrons. The minimum absolute atomic E-state index is 0.00460. The van der Waals surface area contributed by atoms with Gasteiger partial charge in [-0.05, 0) is 29.9 Å². The summed E-state index contributed by atoms with van der Waals surface area (Å²) in [6.45, 7) is -0.0467. The zero-order valence-electron chi connectivity index (χ0n) is 15.2. The number of alkyl halides is 3. The highest BCUT2D eigenvalue weighted by molar-refractivity contribution is 7.12. The van der Waals surface area contributed by atoms with Crippen LogP contribution in [0.2, 0.25) is 0 Å². The van der Waals surface area contributed by atoms with E-state index < -0.39 is 17.2 Å². The molecule has 0 saturated heterocycles. The van der Waals surface area contributed by atoms with Crippen molar-refractivity contribution >= 4 is 22.9 Å². The Morgan fingerprint density at radius 1 is 1.29 bits per heavy atom. The number of halogens is 3. The van der Waals surface area contributed by atoms with Crippen LogP contribution in [0.25, 0.3) is 5.57 Å². The number of nitrogens with zero attached hydrogens (tertiary/aromatic N) is 1. The van der Waals surface area contributed by atoms with Gasteiger partial charge in [0.15, 0.2) is 0 Å². The van der Waals surface area contributed by atoms with Crippen LogP contribution >= 0.6 is 11.3 Å². The lowest BCUT2D eigenvalue weighted by molar-refractivity contribution is -0.138. The fraction of sp³-hybridized carbons (Fsp3) is 0.368. The van der Waals surface area contributed by atoms with Gasteiger partial charge in [0.05, 0.1) is 25.4 Å². The minimum atomic E-state index is -4.51. The van der Waals surface area contributed by atoms with Gasteiger partial charge < -0.3 is 14.2 Å². The first-order valence-electron chi connectivity index (χ1n) is 8.45. The third-order valence-electron chi connectivity index (χ3n) is 4.12. The maximum atomic E-state index is 13.0. The standard InChI is InChI=1S/C19H18F3NO4S/c1-25-10-14(17(24)26-2)13-6-4-3-5-12(13)9-27-16-15(11-7-8-11)28-18(23-16)19(20,21)22/h3-6,10-11H,7-9H2,1-2H3/b14-10+. The van der Waals surface area contributed by atoms with Crippen molar-refractivity contribution in [1.82, 2.24) is 4.98 Å². The lowest BCUT2D eigenvalue weighted by Crippen LogP contribution is -2.09. The Bertz CT molecular complexity index is 888. The highest BCUT2D eigenvalue weighted by atomic mass is 32.1. The molecule has 1 saturated carbocycles. The van der Waals surface area contributed by atoms with E-state index in [1.807, 2.05) is 0 Å². The molecule has 28 heavy (non-hydrogen) atoms. The fourth-order valence-corrected chi connectivity index (χ4v) is 3.70. The Hall–Kier alpha value is -2.55. The molecule has 0 unspecified atom stereocenters. The summed E-state index contributed by atoms with van der Waals surface area (Å²) in [5.41, 5.74) is 1.29. The van der Waals surface area contributed by atoms with E-state index in [2.05, 4.69) is 4.98 Å². The molecule has 1 aromatic heterocycles. The highest BCUT2D eigenvalue weighted by Gasteiger charge is 2.39. The van der Waals surface area contributed by atoms with Crippen molar-refractivity contribution in [3.8, 4) is 5.88 Å². The summed E-state index contributed by atoms with van der Waals surface area (Å²) < 4.78 is 54.5. The topological polar surface area (TPSA) is 57.7 Å². The molecule has 1 heterocycles.